The van der Waals surface area contributed by atoms with Crippen molar-refractivity contribution in [3.05, 3.63) is 65.0 Å². The smallest absolute Gasteiger partial charge is 0.274 e. The summed E-state index contributed by atoms with van der Waals surface area (Å²) in [5.41, 5.74) is 1.42. The molecule has 112 valence electrons. The van der Waals surface area contributed by atoms with E-state index in [9.17, 15) is 9.90 Å². The summed E-state index contributed by atoms with van der Waals surface area (Å²) in [7, 11) is 0. The fourth-order valence-corrected chi connectivity index (χ4v) is 2.51. The molecule has 0 radical (unpaired) electrons. The van der Waals surface area contributed by atoms with Crippen LogP contribution in [0.5, 0.6) is 0 Å². The zero-order valence-corrected chi connectivity index (χ0v) is 12.6. The first-order valence-electron chi connectivity index (χ1n) is 7.00. The van der Waals surface area contributed by atoms with Crippen molar-refractivity contribution in [3.8, 4) is 11.3 Å². The summed E-state index contributed by atoms with van der Waals surface area (Å²) in [6.07, 6.45) is -0.809. The van der Waals surface area contributed by atoms with Gasteiger partial charge in [0.05, 0.1) is 29.6 Å². The van der Waals surface area contributed by atoms with E-state index in [0.29, 0.717) is 5.39 Å². The van der Waals surface area contributed by atoms with Crippen molar-refractivity contribution < 1.29 is 5.11 Å². The molecule has 22 heavy (non-hydrogen) atoms. The van der Waals surface area contributed by atoms with Gasteiger partial charge in [0.15, 0.2) is 0 Å². The highest BCUT2D eigenvalue weighted by Crippen LogP contribution is 2.24. The molecule has 0 saturated carbocycles. The predicted octanol–water partition coefficient (Wildman–Crippen LogP) is 2.66. The lowest BCUT2D eigenvalue weighted by Gasteiger charge is -2.13. The van der Waals surface area contributed by atoms with Crippen molar-refractivity contribution in [2.24, 2.45) is 0 Å². The Morgan fingerprint density at radius 2 is 1.68 bits per heavy atom. The number of alkyl halides is 1. The van der Waals surface area contributed by atoms with Crippen LogP contribution in [-0.2, 0) is 6.54 Å². The average Bonchev–Trinajstić information content (AvgIpc) is 2.58. The maximum atomic E-state index is 12.5. The first-order chi connectivity index (χ1) is 10.7. The first kappa shape index (κ1) is 14.8. The van der Waals surface area contributed by atoms with E-state index in [1.165, 1.54) is 4.68 Å². The second-order valence-corrected chi connectivity index (χ2v) is 5.36. The van der Waals surface area contributed by atoms with Crippen molar-refractivity contribution in [3.63, 3.8) is 0 Å². The van der Waals surface area contributed by atoms with Gasteiger partial charge in [-0.15, -0.1) is 11.6 Å². The molecule has 0 aliphatic carbocycles. The van der Waals surface area contributed by atoms with Crippen LogP contribution in [0.1, 0.15) is 0 Å². The van der Waals surface area contributed by atoms with Gasteiger partial charge in [-0.05, 0) is 6.07 Å². The molecule has 5 heteroatoms. The van der Waals surface area contributed by atoms with Gasteiger partial charge in [0.1, 0.15) is 0 Å². The van der Waals surface area contributed by atoms with Gasteiger partial charge in [-0.3, -0.25) is 4.79 Å². The zero-order chi connectivity index (χ0) is 15.5. The third-order valence-corrected chi connectivity index (χ3v) is 3.83. The molecule has 0 bridgehead atoms. The van der Waals surface area contributed by atoms with Crippen LogP contribution in [0.2, 0.25) is 0 Å². The molecule has 4 nitrogen and oxygen atoms in total. The molecule has 0 spiro atoms. The van der Waals surface area contributed by atoms with E-state index in [0.717, 1.165) is 16.6 Å². The number of benzene rings is 2. The summed E-state index contributed by atoms with van der Waals surface area (Å²) >= 11 is 5.64. The predicted molar refractivity (Wildman–Crippen MR) is 88.2 cm³/mol. The van der Waals surface area contributed by atoms with Crippen LogP contribution >= 0.6 is 11.6 Å². The first-order valence-corrected chi connectivity index (χ1v) is 7.53. The Morgan fingerprint density at radius 3 is 2.36 bits per heavy atom. The van der Waals surface area contributed by atoms with Gasteiger partial charge in [-0.1, -0.05) is 48.5 Å². The van der Waals surface area contributed by atoms with E-state index < -0.39 is 6.10 Å². The number of aliphatic hydroxyl groups excluding tert-OH is 1. The summed E-state index contributed by atoms with van der Waals surface area (Å²) < 4.78 is 1.29. The largest absolute Gasteiger partial charge is 0.390 e. The molecule has 1 unspecified atom stereocenters. The molecule has 1 aromatic heterocycles. The van der Waals surface area contributed by atoms with Crippen molar-refractivity contribution in [2.45, 2.75) is 12.6 Å². The van der Waals surface area contributed by atoms with Crippen molar-refractivity contribution in [1.82, 2.24) is 9.78 Å². The number of nitrogens with zero attached hydrogens (tertiary/aromatic N) is 2. The Bertz CT molecular complexity index is 846. The van der Waals surface area contributed by atoms with Crippen molar-refractivity contribution >= 4 is 22.4 Å². The lowest BCUT2D eigenvalue weighted by molar-refractivity contribution is 0.170. The number of hydrogen-bond donors (Lipinski definition) is 1. The minimum Gasteiger partial charge on any atom is -0.390 e. The molecular weight excluding hydrogens is 300 g/mol. The van der Waals surface area contributed by atoms with E-state index >= 15 is 0 Å². The molecule has 1 atom stereocenters. The number of aliphatic hydroxyl groups is 1. The zero-order valence-electron chi connectivity index (χ0n) is 11.8. The Balaban J connectivity index is 2.27. The van der Waals surface area contributed by atoms with Gasteiger partial charge in [-0.2, -0.15) is 5.10 Å². The fourth-order valence-electron chi connectivity index (χ4n) is 2.42. The molecule has 0 aliphatic rings. The van der Waals surface area contributed by atoms with Crippen molar-refractivity contribution in [1.29, 1.82) is 0 Å². The minimum atomic E-state index is -0.809. The lowest BCUT2D eigenvalue weighted by atomic mass is 10.1. The molecule has 0 aliphatic heterocycles. The van der Waals surface area contributed by atoms with Crippen LogP contribution in [0, 0.1) is 0 Å². The quantitative estimate of drug-likeness (QED) is 0.753. The highest BCUT2D eigenvalue weighted by atomic mass is 35.5. The molecular formula is C17H15ClN2O2. The number of aromatic nitrogens is 2. The van der Waals surface area contributed by atoms with Gasteiger partial charge in [0, 0.05) is 10.9 Å². The highest BCUT2D eigenvalue weighted by Gasteiger charge is 2.13. The van der Waals surface area contributed by atoms with Crippen LogP contribution in [0.15, 0.2) is 59.4 Å². The van der Waals surface area contributed by atoms with Crippen LogP contribution in [0.25, 0.3) is 22.0 Å². The second kappa shape index (κ2) is 6.30. The Labute approximate surface area is 132 Å². The average molecular weight is 315 g/mol. The summed E-state index contributed by atoms with van der Waals surface area (Å²) in [6.45, 7) is 0.0764. The molecule has 1 N–H and O–H groups in total. The molecule has 1 heterocycles. The van der Waals surface area contributed by atoms with Crippen molar-refractivity contribution in [2.75, 3.05) is 5.88 Å². The van der Waals surface area contributed by atoms with Crippen LogP contribution in [-0.4, -0.2) is 26.9 Å². The van der Waals surface area contributed by atoms with Gasteiger partial charge >= 0.3 is 0 Å². The second-order valence-electron chi connectivity index (χ2n) is 5.06. The number of hydrogen-bond acceptors (Lipinski definition) is 3. The molecule has 0 fully saturated rings. The van der Waals surface area contributed by atoms with E-state index in [4.69, 9.17) is 11.6 Å². The fraction of sp³-hybridized carbons (Fsp3) is 0.176. The maximum Gasteiger partial charge on any atom is 0.274 e. The van der Waals surface area contributed by atoms with Gasteiger partial charge in [0.25, 0.3) is 5.56 Å². The van der Waals surface area contributed by atoms with E-state index in [-0.39, 0.29) is 18.0 Å². The monoisotopic (exact) mass is 314 g/mol. The summed E-state index contributed by atoms with van der Waals surface area (Å²) in [4.78, 5) is 12.5. The van der Waals surface area contributed by atoms with E-state index in [1.54, 1.807) is 6.07 Å². The van der Waals surface area contributed by atoms with Gasteiger partial charge in [-0.25, -0.2) is 4.68 Å². The van der Waals surface area contributed by atoms with Gasteiger partial charge < -0.3 is 5.11 Å². The number of fused-ring (bicyclic) bond motifs is 1. The molecule has 0 saturated heterocycles. The highest BCUT2D eigenvalue weighted by molar-refractivity contribution is 6.18. The third kappa shape index (κ3) is 2.75. The lowest BCUT2D eigenvalue weighted by Crippen LogP contribution is -2.30. The molecule has 0 amide bonds. The van der Waals surface area contributed by atoms with Gasteiger partial charge in [0.2, 0.25) is 0 Å². The summed E-state index contributed by atoms with van der Waals surface area (Å²) in [5.74, 6) is 0.0572. The molecule has 2 aromatic carbocycles. The van der Waals surface area contributed by atoms with Crippen LogP contribution in [0.4, 0.5) is 0 Å². The van der Waals surface area contributed by atoms with E-state index in [2.05, 4.69) is 5.10 Å². The SMILES string of the molecule is O=c1c2ccccc2c(-c2ccccc2)nn1CC(O)CCl. The Morgan fingerprint density at radius 1 is 1.05 bits per heavy atom. The maximum absolute atomic E-state index is 12.5. The third-order valence-electron chi connectivity index (χ3n) is 3.48. The molecule has 3 rings (SSSR count). The summed E-state index contributed by atoms with van der Waals surface area (Å²) in [6, 6.07) is 17.0. The normalized spacial score (nSPS) is 12.5. The van der Waals surface area contributed by atoms with Crippen LogP contribution in [0.3, 0.4) is 0 Å². The van der Waals surface area contributed by atoms with Crippen LogP contribution < -0.4 is 5.56 Å². The minimum absolute atomic E-state index is 0.0572. The standard InChI is InChI=1S/C17H15ClN2O2/c18-10-13(21)11-20-17(22)15-9-5-4-8-14(15)16(19-20)12-6-2-1-3-7-12/h1-9,13,21H,10-11H2. The van der Waals surface area contributed by atoms with E-state index in [1.807, 2.05) is 48.5 Å². The summed E-state index contributed by atoms with van der Waals surface area (Å²) in [5, 5.41) is 15.6. The Hall–Kier alpha value is -2.17. The molecule has 3 aromatic rings. The Kier molecular flexibility index (Phi) is 4.22. The topological polar surface area (TPSA) is 55.1 Å². The number of halogens is 1. The number of rotatable bonds is 4.